The van der Waals surface area contributed by atoms with Gasteiger partial charge in [0.2, 0.25) is 0 Å². The molecule has 2 aromatic carbocycles. The molecule has 3 amide bonds. The lowest BCUT2D eigenvalue weighted by atomic mass is 9.81. The van der Waals surface area contributed by atoms with E-state index in [1.165, 1.54) is 4.90 Å². The molecule has 178 valence electrons. The standard InChI is InChI=1S/C26H30N4O4/c1-26-15-20-19-14-18(34-4)9-10-21(19)27-22(20)23(16-7-5-8-17(31)13-16)30(26)25(33)29(24(26)32)12-6-11-28(2)3/h5,7-10,13-14,23,27,31H,6,11-12,15H2,1-4H3. The Kier molecular flexibility index (Phi) is 5.28. The third kappa shape index (κ3) is 3.32. The van der Waals surface area contributed by atoms with Crippen molar-refractivity contribution in [3.05, 3.63) is 59.3 Å². The number of methoxy groups -OCH3 is 1. The monoisotopic (exact) mass is 462 g/mol. The van der Waals surface area contributed by atoms with Crippen LogP contribution in [0.25, 0.3) is 10.9 Å². The van der Waals surface area contributed by atoms with Crippen molar-refractivity contribution >= 4 is 22.8 Å². The van der Waals surface area contributed by atoms with Gasteiger partial charge in [0, 0.05) is 29.6 Å². The van der Waals surface area contributed by atoms with Gasteiger partial charge in [-0.25, -0.2) is 4.79 Å². The summed E-state index contributed by atoms with van der Waals surface area (Å²) >= 11 is 0. The molecule has 3 aromatic rings. The Bertz CT molecular complexity index is 1280. The zero-order chi connectivity index (χ0) is 24.2. The summed E-state index contributed by atoms with van der Waals surface area (Å²) in [5.41, 5.74) is 2.50. The zero-order valence-electron chi connectivity index (χ0n) is 20.0. The van der Waals surface area contributed by atoms with E-state index in [1.807, 2.05) is 50.2 Å². The minimum Gasteiger partial charge on any atom is -0.508 e. The number of rotatable bonds is 6. The van der Waals surface area contributed by atoms with Crippen LogP contribution in [-0.4, -0.2) is 76.6 Å². The molecule has 2 aliphatic rings. The van der Waals surface area contributed by atoms with Gasteiger partial charge in [0.05, 0.1) is 7.11 Å². The quantitative estimate of drug-likeness (QED) is 0.548. The number of carbonyl (C=O) groups excluding carboxylic acids is 2. The Balaban J connectivity index is 1.67. The summed E-state index contributed by atoms with van der Waals surface area (Å²) in [5, 5.41) is 11.2. The van der Waals surface area contributed by atoms with Gasteiger partial charge >= 0.3 is 6.03 Å². The molecule has 1 saturated heterocycles. The second-order valence-corrected chi connectivity index (χ2v) is 9.64. The summed E-state index contributed by atoms with van der Waals surface area (Å²) in [4.78, 5) is 36.1. The first-order valence-electron chi connectivity index (χ1n) is 11.5. The Morgan fingerprint density at radius 1 is 1.21 bits per heavy atom. The van der Waals surface area contributed by atoms with E-state index in [-0.39, 0.29) is 17.7 Å². The Morgan fingerprint density at radius 2 is 2.00 bits per heavy atom. The molecule has 0 bridgehead atoms. The molecule has 5 rings (SSSR count). The maximum absolute atomic E-state index is 13.7. The smallest absolute Gasteiger partial charge is 0.328 e. The van der Waals surface area contributed by atoms with E-state index < -0.39 is 11.6 Å². The highest BCUT2D eigenvalue weighted by molar-refractivity contribution is 6.08. The summed E-state index contributed by atoms with van der Waals surface area (Å²) in [6, 6.07) is 11.9. The highest BCUT2D eigenvalue weighted by Crippen LogP contribution is 2.49. The molecule has 2 N–H and O–H groups in total. The lowest BCUT2D eigenvalue weighted by Gasteiger charge is -2.42. The van der Waals surface area contributed by atoms with Gasteiger partial charge in [-0.15, -0.1) is 0 Å². The maximum atomic E-state index is 13.7. The van der Waals surface area contributed by atoms with Crippen LogP contribution in [0.1, 0.15) is 36.2 Å². The van der Waals surface area contributed by atoms with Crippen molar-refractivity contribution in [2.75, 3.05) is 34.3 Å². The number of benzene rings is 2. The molecule has 0 saturated carbocycles. The van der Waals surface area contributed by atoms with Crippen LogP contribution in [0, 0.1) is 0 Å². The van der Waals surface area contributed by atoms with E-state index >= 15 is 0 Å². The number of aromatic hydroxyl groups is 1. The first-order chi connectivity index (χ1) is 16.2. The van der Waals surface area contributed by atoms with E-state index in [9.17, 15) is 14.7 Å². The zero-order valence-corrected chi connectivity index (χ0v) is 20.0. The van der Waals surface area contributed by atoms with Crippen LogP contribution in [-0.2, 0) is 11.2 Å². The number of phenols is 1. The Labute approximate surface area is 198 Å². The molecule has 8 nitrogen and oxygen atoms in total. The number of imide groups is 1. The van der Waals surface area contributed by atoms with Gasteiger partial charge in [-0.2, -0.15) is 0 Å². The molecule has 1 fully saturated rings. The number of H-pyrrole nitrogens is 1. The fraction of sp³-hybridized carbons (Fsp3) is 0.385. The van der Waals surface area contributed by atoms with E-state index in [1.54, 1.807) is 30.2 Å². The van der Waals surface area contributed by atoms with Crippen LogP contribution in [0.2, 0.25) is 0 Å². The molecule has 0 aliphatic carbocycles. The van der Waals surface area contributed by atoms with Crippen LogP contribution < -0.4 is 4.74 Å². The number of amides is 3. The lowest BCUT2D eigenvalue weighted by Crippen LogP contribution is -2.53. The van der Waals surface area contributed by atoms with E-state index in [4.69, 9.17) is 4.74 Å². The molecule has 8 heteroatoms. The van der Waals surface area contributed by atoms with E-state index in [0.717, 1.165) is 40.0 Å². The van der Waals surface area contributed by atoms with Crippen molar-refractivity contribution in [3.8, 4) is 11.5 Å². The van der Waals surface area contributed by atoms with Gasteiger partial charge in [0.15, 0.2) is 0 Å². The number of hydrogen-bond acceptors (Lipinski definition) is 5. The third-order valence-corrected chi connectivity index (χ3v) is 7.05. The number of aromatic nitrogens is 1. The predicted molar refractivity (Wildman–Crippen MR) is 129 cm³/mol. The molecule has 34 heavy (non-hydrogen) atoms. The molecular formula is C26H30N4O4. The van der Waals surface area contributed by atoms with Crippen molar-refractivity contribution in [3.63, 3.8) is 0 Å². The highest BCUT2D eigenvalue weighted by Gasteiger charge is 2.60. The molecule has 0 spiro atoms. The fourth-order valence-electron chi connectivity index (χ4n) is 5.40. The van der Waals surface area contributed by atoms with Crippen molar-refractivity contribution in [1.29, 1.82) is 0 Å². The van der Waals surface area contributed by atoms with Crippen LogP contribution in [0.15, 0.2) is 42.5 Å². The summed E-state index contributed by atoms with van der Waals surface area (Å²) in [6.07, 6.45) is 1.11. The number of nitrogens with one attached hydrogen (secondary N) is 1. The summed E-state index contributed by atoms with van der Waals surface area (Å²) in [7, 11) is 5.58. The van der Waals surface area contributed by atoms with Gasteiger partial charge in [-0.3, -0.25) is 14.6 Å². The minimum atomic E-state index is -1.03. The number of fused-ring (bicyclic) bond motifs is 4. The molecule has 1 aromatic heterocycles. The molecule has 0 radical (unpaired) electrons. The van der Waals surface area contributed by atoms with Crippen molar-refractivity contribution in [2.24, 2.45) is 0 Å². The van der Waals surface area contributed by atoms with Crippen LogP contribution >= 0.6 is 0 Å². The Hall–Kier alpha value is -3.52. The van der Waals surface area contributed by atoms with Gasteiger partial charge in [-0.1, -0.05) is 12.1 Å². The molecular weight excluding hydrogens is 432 g/mol. The van der Waals surface area contributed by atoms with Gasteiger partial charge in [-0.05, 0) is 75.4 Å². The number of nitrogens with zero attached hydrogens (tertiary/aromatic N) is 3. The first kappa shape index (κ1) is 22.3. The largest absolute Gasteiger partial charge is 0.508 e. The predicted octanol–water partition coefficient (Wildman–Crippen LogP) is 3.50. The lowest BCUT2D eigenvalue weighted by molar-refractivity contribution is -0.133. The number of ether oxygens (including phenoxy) is 1. The summed E-state index contributed by atoms with van der Waals surface area (Å²) in [5.74, 6) is 0.671. The third-order valence-electron chi connectivity index (χ3n) is 7.05. The minimum absolute atomic E-state index is 0.116. The second kappa shape index (κ2) is 8.06. The number of hydrogen-bond donors (Lipinski definition) is 2. The molecule has 2 unspecified atom stereocenters. The van der Waals surface area contributed by atoms with Crippen LogP contribution in [0.4, 0.5) is 4.79 Å². The maximum Gasteiger partial charge on any atom is 0.328 e. The molecule has 2 aliphatic heterocycles. The first-order valence-corrected chi connectivity index (χ1v) is 11.5. The summed E-state index contributed by atoms with van der Waals surface area (Å²) < 4.78 is 5.45. The Morgan fingerprint density at radius 3 is 2.71 bits per heavy atom. The second-order valence-electron chi connectivity index (χ2n) is 9.64. The number of urea groups is 1. The van der Waals surface area contributed by atoms with E-state index in [2.05, 4.69) is 4.98 Å². The van der Waals surface area contributed by atoms with Crippen molar-refractivity contribution in [2.45, 2.75) is 31.3 Å². The SMILES string of the molecule is COc1ccc2[nH]c3c(c2c1)CC1(C)C(=O)N(CCCN(C)C)C(=O)N1C3c1cccc(O)c1. The average molecular weight is 463 g/mol. The molecule has 2 atom stereocenters. The van der Waals surface area contributed by atoms with E-state index in [0.29, 0.717) is 19.4 Å². The van der Waals surface area contributed by atoms with Crippen LogP contribution in [0.5, 0.6) is 11.5 Å². The average Bonchev–Trinajstić information content (AvgIpc) is 3.24. The number of carbonyl (C=O) groups is 2. The van der Waals surface area contributed by atoms with Gasteiger partial charge < -0.3 is 19.7 Å². The topological polar surface area (TPSA) is 89.1 Å². The number of aromatic amines is 1. The van der Waals surface area contributed by atoms with Gasteiger partial charge in [0.25, 0.3) is 5.91 Å². The molecule has 3 heterocycles. The van der Waals surface area contributed by atoms with Crippen molar-refractivity contribution < 1.29 is 19.4 Å². The highest BCUT2D eigenvalue weighted by atomic mass is 16.5. The summed E-state index contributed by atoms with van der Waals surface area (Å²) in [6.45, 7) is 3.02. The van der Waals surface area contributed by atoms with Crippen LogP contribution in [0.3, 0.4) is 0 Å². The van der Waals surface area contributed by atoms with Crippen molar-refractivity contribution in [1.82, 2.24) is 19.7 Å². The van der Waals surface area contributed by atoms with Gasteiger partial charge in [0.1, 0.15) is 23.1 Å². The fourth-order valence-corrected chi connectivity index (χ4v) is 5.40. The number of phenolic OH excluding ortho intramolecular Hbond substituents is 1. The normalized spacial score (nSPS) is 22.0.